The fraction of sp³-hybridized carbons (Fsp3) is 0.600. The molecular weight excluding hydrogens is 258 g/mol. The smallest absolute Gasteiger partial charge is 0.0559 e. The highest BCUT2D eigenvalue weighted by molar-refractivity contribution is 8.04. The van der Waals surface area contributed by atoms with Gasteiger partial charge in [0, 0.05) is 15.7 Å². The molecule has 1 nitrogen and oxygen atoms in total. The third-order valence-corrected chi connectivity index (χ3v) is 5.76. The summed E-state index contributed by atoms with van der Waals surface area (Å²) in [6.07, 6.45) is 8.19. The van der Waals surface area contributed by atoms with E-state index in [9.17, 15) is 0 Å². The normalized spacial score (nSPS) is 25.2. The molecule has 0 saturated carbocycles. The summed E-state index contributed by atoms with van der Waals surface area (Å²) in [4.78, 5) is 1.22. The molecule has 1 unspecified atom stereocenters. The minimum absolute atomic E-state index is 0.327. The van der Waals surface area contributed by atoms with Gasteiger partial charge in [-0.1, -0.05) is 38.7 Å². The third kappa shape index (κ3) is 3.94. The zero-order valence-corrected chi connectivity index (χ0v) is 13.8. The Morgan fingerprint density at radius 3 is 2.67 bits per heavy atom. The van der Waals surface area contributed by atoms with Crippen molar-refractivity contribution in [2.75, 3.05) is 5.88 Å². The zero-order chi connectivity index (χ0) is 13.8. The maximum absolute atomic E-state index is 3.91. The Kier molecular flexibility index (Phi) is 6.09. The lowest BCUT2D eigenvalue weighted by atomic mass is 9.93. The summed E-state index contributed by atoms with van der Waals surface area (Å²) in [5, 5.41) is 0. The molecule has 0 aromatic carbocycles. The van der Waals surface area contributed by atoms with E-state index in [1.54, 1.807) is 0 Å². The predicted octanol–water partition coefficient (Wildman–Crippen LogP) is 5.09. The van der Waals surface area contributed by atoms with Crippen molar-refractivity contribution < 1.29 is 0 Å². The number of rotatable bonds is 5. The van der Waals surface area contributed by atoms with E-state index in [4.69, 9.17) is 0 Å². The fourth-order valence-corrected chi connectivity index (χ4v) is 5.15. The first kappa shape index (κ1) is 15.9. The Balaban J connectivity index is 2.80. The Morgan fingerprint density at radius 2 is 2.17 bits per heavy atom. The molecule has 18 heavy (non-hydrogen) atoms. The number of hydrogen-bond acceptors (Lipinski definition) is 3. The van der Waals surface area contributed by atoms with Gasteiger partial charge in [-0.3, -0.25) is 0 Å². The van der Waals surface area contributed by atoms with Gasteiger partial charge < -0.3 is 0 Å². The first-order chi connectivity index (χ1) is 8.42. The van der Waals surface area contributed by atoms with Crippen LogP contribution in [0.15, 0.2) is 35.8 Å². The van der Waals surface area contributed by atoms with Gasteiger partial charge in [-0.15, -0.1) is 11.8 Å². The van der Waals surface area contributed by atoms with Crippen LogP contribution in [0.4, 0.5) is 0 Å². The summed E-state index contributed by atoms with van der Waals surface area (Å²) in [5.74, 6) is 1.75. The number of nitrogens with zero attached hydrogens (tertiary/aromatic N) is 1. The second-order valence-electron chi connectivity index (χ2n) is 5.37. The molecule has 1 rings (SSSR count). The van der Waals surface area contributed by atoms with Gasteiger partial charge in [0.25, 0.3) is 0 Å². The topological polar surface area (TPSA) is 3.24 Å². The van der Waals surface area contributed by atoms with Crippen LogP contribution in [0.5, 0.6) is 0 Å². The molecular formula is C15H25NS2. The molecule has 3 heteroatoms. The molecule has 1 saturated heterocycles. The Labute approximate surface area is 121 Å². The van der Waals surface area contributed by atoms with Gasteiger partial charge >= 0.3 is 0 Å². The number of thioether (sulfide) groups is 1. The van der Waals surface area contributed by atoms with Crippen LogP contribution in [-0.4, -0.2) is 21.0 Å². The number of allylic oxidation sites excluding steroid dienone is 4. The maximum atomic E-state index is 3.91. The summed E-state index contributed by atoms with van der Waals surface area (Å²) in [6.45, 7) is 15.3. The largest absolute Gasteiger partial charge is 0.232 e. The van der Waals surface area contributed by atoms with E-state index in [0.717, 1.165) is 5.88 Å². The molecule has 1 fully saturated rings. The van der Waals surface area contributed by atoms with E-state index in [-0.39, 0.29) is 0 Å². The van der Waals surface area contributed by atoms with Gasteiger partial charge in [-0.2, -0.15) is 0 Å². The molecule has 0 aromatic rings. The molecule has 1 aliphatic rings. The predicted molar refractivity (Wildman–Crippen MR) is 87.7 cm³/mol. The van der Waals surface area contributed by atoms with Crippen LogP contribution >= 0.6 is 23.7 Å². The average Bonchev–Trinajstić information content (AvgIpc) is 2.59. The van der Waals surface area contributed by atoms with Crippen LogP contribution in [-0.2, 0) is 0 Å². The van der Waals surface area contributed by atoms with Gasteiger partial charge in [-0.25, -0.2) is 4.31 Å². The highest BCUT2D eigenvalue weighted by Crippen LogP contribution is 2.46. The first-order valence-electron chi connectivity index (χ1n) is 6.46. The molecule has 1 heterocycles. The average molecular weight is 284 g/mol. The molecule has 0 amide bonds. The first-order valence-corrected chi connectivity index (χ1v) is 8.22. The van der Waals surface area contributed by atoms with Crippen LogP contribution in [0.3, 0.4) is 0 Å². The molecule has 0 spiro atoms. The van der Waals surface area contributed by atoms with Crippen LogP contribution < -0.4 is 0 Å². The van der Waals surface area contributed by atoms with Crippen LogP contribution in [0, 0.1) is 5.92 Å². The van der Waals surface area contributed by atoms with Gasteiger partial charge in [0.05, 0.1) is 5.88 Å². The highest BCUT2D eigenvalue weighted by Gasteiger charge is 2.43. The maximum Gasteiger partial charge on any atom is 0.0559 e. The van der Waals surface area contributed by atoms with E-state index in [1.807, 2.05) is 42.8 Å². The molecule has 0 aromatic heterocycles. The lowest BCUT2D eigenvalue weighted by Crippen LogP contribution is -2.40. The SMILES string of the molecule is C=C/C(=C\C=C/C)SN1CSC(C)(C)C1C(C)C. The summed E-state index contributed by atoms with van der Waals surface area (Å²) in [6, 6.07) is 0.599. The standard InChI is InChI=1S/C15H25NS2/c1-7-9-10-13(8-2)18-16-11-17-15(5,6)14(16)12(3)4/h7-10,12,14H,2,11H2,1,3-6H3/b9-7-,13-10+. The van der Waals surface area contributed by atoms with Gasteiger partial charge in [0.1, 0.15) is 0 Å². The van der Waals surface area contributed by atoms with Crippen molar-refractivity contribution in [1.29, 1.82) is 0 Å². The van der Waals surface area contributed by atoms with Gasteiger partial charge in [0.2, 0.25) is 0 Å². The van der Waals surface area contributed by atoms with Crippen molar-refractivity contribution in [3.8, 4) is 0 Å². The lowest BCUT2D eigenvalue weighted by Gasteiger charge is -2.34. The van der Waals surface area contributed by atoms with Crippen LogP contribution in [0.1, 0.15) is 34.6 Å². The second kappa shape index (κ2) is 6.88. The van der Waals surface area contributed by atoms with E-state index in [2.05, 4.69) is 50.7 Å². The van der Waals surface area contributed by atoms with Crippen LogP contribution in [0.2, 0.25) is 0 Å². The summed E-state index contributed by atoms with van der Waals surface area (Å²) < 4.78 is 2.83. The van der Waals surface area contributed by atoms with Crippen molar-refractivity contribution in [2.45, 2.75) is 45.4 Å². The van der Waals surface area contributed by atoms with Crippen molar-refractivity contribution in [2.24, 2.45) is 5.92 Å². The molecule has 0 aliphatic carbocycles. The molecule has 1 atom stereocenters. The minimum atomic E-state index is 0.327. The summed E-state index contributed by atoms with van der Waals surface area (Å²) >= 11 is 3.88. The fourth-order valence-electron chi connectivity index (χ4n) is 2.42. The summed E-state index contributed by atoms with van der Waals surface area (Å²) in [5.41, 5.74) is 0. The zero-order valence-electron chi connectivity index (χ0n) is 12.1. The van der Waals surface area contributed by atoms with Crippen LogP contribution in [0.25, 0.3) is 0 Å². The molecule has 0 N–H and O–H groups in total. The Hall–Kier alpha value is -0.120. The monoisotopic (exact) mass is 283 g/mol. The van der Waals surface area contributed by atoms with E-state index in [1.165, 1.54) is 4.91 Å². The van der Waals surface area contributed by atoms with Gasteiger partial charge in [0.15, 0.2) is 0 Å². The molecule has 1 aliphatic heterocycles. The van der Waals surface area contributed by atoms with Crippen molar-refractivity contribution in [1.82, 2.24) is 4.31 Å². The molecule has 0 radical (unpaired) electrons. The molecule has 0 bridgehead atoms. The summed E-state index contributed by atoms with van der Waals surface area (Å²) in [7, 11) is 0. The second-order valence-corrected chi connectivity index (χ2v) is 8.10. The molecule has 102 valence electrons. The van der Waals surface area contributed by atoms with E-state index in [0.29, 0.717) is 16.7 Å². The Morgan fingerprint density at radius 1 is 1.50 bits per heavy atom. The van der Waals surface area contributed by atoms with Gasteiger partial charge in [-0.05, 0) is 44.7 Å². The minimum Gasteiger partial charge on any atom is -0.232 e. The number of hydrogen-bond donors (Lipinski definition) is 0. The van der Waals surface area contributed by atoms with Crippen molar-refractivity contribution in [3.05, 3.63) is 35.8 Å². The van der Waals surface area contributed by atoms with E-state index < -0.39 is 0 Å². The Bertz CT molecular complexity index is 342. The lowest BCUT2D eigenvalue weighted by molar-refractivity contribution is 0.284. The van der Waals surface area contributed by atoms with E-state index >= 15 is 0 Å². The van der Waals surface area contributed by atoms with Crippen molar-refractivity contribution >= 4 is 23.7 Å². The quantitative estimate of drug-likeness (QED) is 0.511. The third-order valence-electron chi connectivity index (χ3n) is 3.09. The highest BCUT2D eigenvalue weighted by atomic mass is 32.2. The van der Waals surface area contributed by atoms with Crippen molar-refractivity contribution in [3.63, 3.8) is 0 Å².